The van der Waals surface area contributed by atoms with Crippen LogP contribution in [0.4, 0.5) is 17.1 Å². The van der Waals surface area contributed by atoms with Crippen LogP contribution in [0, 0.1) is 10.1 Å². The van der Waals surface area contributed by atoms with Crippen molar-refractivity contribution in [2.75, 3.05) is 0 Å². The zero-order chi connectivity index (χ0) is 27.0. The Balaban J connectivity index is 1.17. The van der Waals surface area contributed by atoms with Gasteiger partial charge in [-0.25, -0.2) is 0 Å². The van der Waals surface area contributed by atoms with Gasteiger partial charge in [0, 0.05) is 24.6 Å². The van der Waals surface area contributed by atoms with E-state index in [1.807, 2.05) is 84.9 Å². The van der Waals surface area contributed by atoms with E-state index in [2.05, 4.69) is 9.98 Å². The number of aromatic hydroxyl groups is 1. The van der Waals surface area contributed by atoms with Crippen molar-refractivity contribution in [3.8, 4) is 28.4 Å². The van der Waals surface area contributed by atoms with E-state index in [0.29, 0.717) is 11.5 Å². The minimum atomic E-state index is -0.443. The number of nitro groups is 1. The molecule has 5 aromatic carbocycles. The van der Waals surface area contributed by atoms with Crippen molar-refractivity contribution in [1.82, 2.24) is 0 Å². The SMILES string of the molecule is O=[N+]([O-])c1ccc(Oc2ccc(C=Nc3ccc(-c4ccc(N=Cc5ccc(O)cc5)cc4)cc3)cc2)cc1. The van der Waals surface area contributed by atoms with E-state index < -0.39 is 4.92 Å². The molecule has 1 N–H and O–H groups in total. The molecule has 0 amide bonds. The van der Waals surface area contributed by atoms with E-state index in [4.69, 9.17) is 4.74 Å². The number of benzene rings is 5. The van der Waals surface area contributed by atoms with Crippen molar-refractivity contribution in [3.63, 3.8) is 0 Å². The predicted octanol–water partition coefficient (Wildman–Crippen LogP) is 8.26. The van der Waals surface area contributed by atoms with Gasteiger partial charge in [0.25, 0.3) is 5.69 Å². The summed E-state index contributed by atoms with van der Waals surface area (Å²) in [6.07, 6.45) is 3.55. The van der Waals surface area contributed by atoms with Gasteiger partial charge in [-0.15, -0.1) is 0 Å². The molecule has 5 aromatic rings. The first-order valence-electron chi connectivity index (χ1n) is 12.1. The first-order chi connectivity index (χ1) is 19.0. The van der Waals surface area contributed by atoms with Crippen LogP contribution in [0.15, 0.2) is 131 Å². The summed E-state index contributed by atoms with van der Waals surface area (Å²) in [6.45, 7) is 0. The molecule has 0 spiro atoms. The molecular weight excluding hydrogens is 490 g/mol. The molecule has 0 saturated heterocycles. The van der Waals surface area contributed by atoms with Crippen LogP contribution in [0.25, 0.3) is 11.1 Å². The average molecular weight is 514 g/mol. The largest absolute Gasteiger partial charge is 0.508 e. The van der Waals surface area contributed by atoms with E-state index in [1.54, 1.807) is 36.7 Å². The van der Waals surface area contributed by atoms with Crippen molar-refractivity contribution in [1.29, 1.82) is 0 Å². The number of ether oxygens (including phenoxy) is 1. The molecule has 0 bridgehead atoms. The van der Waals surface area contributed by atoms with Crippen molar-refractivity contribution in [3.05, 3.63) is 143 Å². The van der Waals surface area contributed by atoms with E-state index in [9.17, 15) is 15.2 Å². The lowest BCUT2D eigenvalue weighted by Gasteiger charge is -2.05. The molecular formula is C32H23N3O4. The third kappa shape index (κ3) is 6.81. The molecule has 7 heteroatoms. The average Bonchev–Trinajstić information content (AvgIpc) is 2.97. The summed E-state index contributed by atoms with van der Waals surface area (Å²) in [5.74, 6) is 1.39. The number of nitrogens with zero attached hydrogens (tertiary/aromatic N) is 3. The second-order valence-corrected chi connectivity index (χ2v) is 8.62. The Kier molecular flexibility index (Phi) is 7.51. The summed E-state index contributed by atoms with van der Waals surface area (Å²) in [7, 11) is 0. The molecule has 5 rings (SSSR count). The molecule has 0 unspecified atom stereocenters. The Morgan fingerprint density at radius 2 is 1.00 bits per heavy atom. The lowest BCUT2D eigenvalue weighted by atomic mass is 10.1. The zero-order valence-electron chi connectivity index (χ0n) is 20.7. The summed E-state index contributed by atoms with van der Waals surface area (Å²) in [4.78, 5) is 19.4. The van der Waals surface area contributed by atoms with Gasteiger partial charge in [-0.05, 0) is 107 Å². The summed E-state index contributed by atoms with van der Waals surface area (Å²) in [5, 5.41) is 20.2. The number of nitro benzene ring substituents is 1. The molecule has 39 heavy (non-hydrogen) atoms. The summed E-state index contributed by atoms with van der Waals surface area (Å²) in [5.41, 5.74) is 5.69. The molecule has 190 valence electrons. The standard InChI is InChI=1S/C32H23N3O4/c36-30-15-1-23(2-16-30)21-33-27-9-5-25(6-10-27)26-7-11-28(12-8-26)34-22-24-3-17-31(18-4-24)39-32-19-13-29(14-20-32)35(37)38/h1-22,36H. The smallest absolute Gasteiger partial charge is 0.269 e. The Morgan fingerprint density at radius 3 is 1.44 bits per heavy atom. The first-order valence-corrected chi connectivity index (χ1v) is 12.1. The molecule has 0 aliphatic heterocycles. The molecule has 0 aromatic heterocycles. The van der Waals surface area contributed by atoms with Gasteiger partial charge >= 0.3 is 0 Å². The van der Waals surface area contributed by atoms with E-state index in [0.717, 1.165) is 33.6 Å². The van der Waals surface area contributed by atoms with Gasteiger partial charge < -0.3 is 9.84 Å². The monoisotopic (exact) mass is 513 g/mol. The molecule has 0 radical (unpaired) electrons. The van der Waals surface area contributed by atoms with Gasteiger partial charge in [0.1, 0.15) is 17.2 Å². The van der Waals surface area contributed by atoms with E-state index >= 15 is 0 Å². The Hall–Kier alpha value is -5.56. The lowest BCUT2D eigenvalue weighted by Crippen LogP contribution is -1.89. The van der Waals surface area contributed by atoms with Gasteiger partial charge in [-0.1, -0.05) is 24.3 Å². The number of hydrogen-bond acceptors (Lipinski definition) is 6. The highest BCUT2D eigenvalue weighted by molar-refractivity contribution is 5.83. The third-order valence-corrected chi connectivity index (χ3v) is 5.85. The molecule has 0 fully saturated rings. The van der Waals surface area contributed by atoms with Gasteiger partial charge in [0.2, 0.25) is 0 Å². The normalized spacial score (nSPS) is 11.2. The van der Waals surface area contributed by atoms with Crippen molar-refractivity contribution < 1.29 is 14.8 Å². The fourth-order valence-corrected chi connectivity index (χ4v) is 3.73. The highest BCUT2D eigenvalue weighted by Gasteiger charge is 2.05. The molecule has 0 aliphatic carbocycles. The minimum absolute atomic E-state index is 0.0211. The predicted molar refractivity (Wildman–Crippen MR) is 154 cm³/mol. The molecule has 0 aliphatic rings. The van der Waals surface area contributed by atoms with Crippen molar-refractivity contribution in [2.24, 2.45) is 9.98 Å². The molecule has 0 heterocycles. The number of rotatable bonds is 8. The Morgan fingerprint density at radius 1 is 0.590 bits per heavy atom. The maximum absolute atomic E-state index is 10.8. The number of non-ortho nitro benzene ring substituents is 1. The number of phenolic OH excluding ortho intramolecular Hbond substituents is 1. The lowest BCUT2D eigenvalue weighted by molar-refractivity contribution is -0.384. The minimum Gasteiger partial charge on any atom is -0.508 e. The highest BCUT2D eigenvalue weighted by Crippen LogP contribution is 2.26. The van der Waals surface area contributed by atoms with Crippen LogP contribution in [0.3, 0.4) is 0 Å². The van der Waals surface area contributed by atoms with Crippen LogP contribution in [-0.4, -0.2) is 22.5 Å². The molecule has 0 atom stereocenters. The maximum atomic E-state index is 10.8. The fourth-order valence-electron chi connectivity index (χ4n) is 3.73. The topological polar surface area (TPSA) is 97.3 Å². The zero-order valence-corrected chi connectivity index (χ0v) is 20.7. The van der Waals surface area contributed by atoms with Crippen molar-refractivity contribution in [2.45, 2.75) is 0 Å². The molecule has 7 nitrogen and oxygen atoms in total. The van der Waals surface area contributed by atoms with Gasteiger partial charge in [0.15, 0.2) is 0 Å². The highest BCUT2D eigenvalue weighted by atomic mass is 16.6. The van der Waals surface area contributed by atoms with Crippen LogP contribution >= 0.6 is 0 Å². The van der Waals surface area contributed by atoms with Gasteiger partial charge in [-0.2, -0.15) is 0 Å². The maximum Gasteiger partial charge on any atom is 0.269 e. The van der Waals surface area contributed by atoms with Crippen LogP contribution in [0.1, 0.15) is 11.1 Å². The second kappa shape index (κ2) is 11.7. The number of phenols is 1. The summed E-state index contributed by atoms with van der Waals surface area (Å²) in [6, 6.07) is 36.3. The second-order valence-electron chi connectivity index (χ2n) is 8.62. The number of hydrogen-bond donors (Lipinski definition) is 1. The fraction of sp³-hybridized carbons (Fsp3) is 0. The Bertz CT molecular complexity index is 1610. The first kappa shape index (κ1) is 25.1. The van der Waals surface area contributed by atoms with E-state index in [1.165, 1.54) is 12.1 Å². The Labute approximate surface area is 225 Å². The van der Waals surface area contributed by atoms with Gasteiger partial charge in [-0.3, -0.25) is 20.1 Å². The third-order valence-electron chi connectivity index (χ3n) is 5.85. The number of aliphatic imine (C=N–C) groups is 2. The van der Waals surface area contributed by atoms with Crippen molar-refractivity contribution >= 4 is 29.5 Å². The summed E-state index contributed by atoms with van der Waals surface area (Å²) >= 11 is 0. The quantitative estimate of drug-likeness (QED) is 0.128. The summed E-state index contributed by atoms with van der Waals surface area (Å²) < 4.78 is 5.75. The van der Waals surface area contributed by atoms with Crippen LogP contribution in [0.5, 0.6) is 17.2 Å². The molecule has 0 saturated carbocycles. The van der Waals surface area contributed by atoms with Crippen LogP contribution < -0.4 is 4.74 Å². The van der Waals surface area contributed by atoms with Crippen LogP contribution in [0.2, 0.25) is 0 Å². The van der Waals surface area contributed by atoms with Gasteiger partial charge in [0.05, 0.1) is 16.3 Å². The van der Waals surface area contributed by atoms with Crippen LogP contribution in [-0.2, 0) is 0 Å². The van der Waals surface area contributed by atoms with E-state index in [-0.39, 0.29) is 11.4 Å².